The number of benzene rings is 1. The van der Waals surface area contributed by atoms with Crippen molar-refractivity contribution in [3.63, 3.8) is 0 Å². The molecule has 0 saturated heterocycles. The lowest BCUT2D eigenvalue weighted by Crippen LogP contribution is -2.39. The Bertz CT molecular complexity index is 308. The van der Waals surface area contributed by atoms with Crippen LogP contribution in [0, 0.1) is 5.92 Å². The molecular weight excluding hydrogens is 220 g/mol. The molecule has 0 aliphatic heterocycles. The molecule has 2 nitrogen and oxygen atoms in total. The Kier molecular flexibility index (Phi) is 6.99. The molecule has 0 heterocycles. The van der Waals surface area contributed by atoms with Crippen LogP contribution >= 0.6 is 0 Å². The summed E-state index contributed by atoms with van der Waals surface area (Å²) < 4.78 is 0. The number of hydrogen-bond donors (Lipinski definition) is 2. The molecule has 2 N–H and O–H groups in total. The second kappa shape index (κ2) is 8.28. The Morgan fingerprint density at radius 2 is 1.56 bits per heavy atom. The Labute approximate surface area is 112 Å². The van der Waals surface area contributed by atoms with Gasteiger partial charge in [0, 0.05) is 19.1 Å². The molecule has 2 unspecified atom stereocenters. The van der Waals surface area contributed by atoms with E-state index in [0.717, 1.165) is 25.6 Å². The Hall–Kier alpha value is -0.860. The zero-order valence-electron chi connectivity index (χ0n) is 12.2. The van der Waals surface area contributed by atoms with E-state index in [4.69, 9.17) is 0 Å². The molecule has 18 heavy (non-hydrogen) atoms. The van der Waals surface area contributed by atoms with E-state index in [0.29, 0.717) is 12.0 Å². The molecule has 0 saturated carbocycles. The molecule has 0 aliphatic rings. The molecule has 0 spiro atoms. The van der Waals surface area contributed by atoms with Crippen LogP contribution in [-0.4, -0.2) is 25.7 Å². The van der Waals surface area contributed by atoms with Gasteiger partial charge in [-0.25, -0.2) is 0 Å². The highest BCUT2D eigenvalue weighted by molar-refractivity contribution is 5.18. The van der Waals surface area contributed by atoms with Crippen molar-refractivity contribution >= 4 is 0 Å². The summed E-state index contributed by atoms with van der Waals surface area (Å²) in [5, 5.41) is 7.08. The third-order valence-corrected chi connectivity index (χ3v) is 3.14. The molecule has 0 fully saturated rings. The van der Waals surface area contributed by atoms with Gasteiger partial charge in [0.05, 0.1) is 0 Å². The first-order valence-electron chi connectivity index (χ1n) is 7.08. The van der Waals surface area contributed by atoms with Crippen LogP contribution < -0.4 is 10.6 Å². The number of rotatable bonds is 8. The Morgan fingerprint density at radius 1 is 0.889 bits per heavy atom. The van der Waals surface area contributed by atoms with Crippen LogP contribution in [0.5, 0.6) is 0 Å². The summed E-state index contributed by atoms with van der Waals surface area (Å²) in [6.07, 6.45) is 0. The smallest absolute Gasteiger partial charge is 0.0164 e. The van der Waals surface area contributed by atoms with Crippen LogP contribution in [0.2, 0.25) is 0 Å². The van der Waals surface area contributed by atoms with Crippen LogP contribution in [0.25, 0.3) is 0 Å². The van der Waals surface area contributed by atoms with Gasteiger partial charge in [0.25, 0.3) is 0 Å². The molecule has 2 atom stereocenters. The van der Waals surface area contributed by atoms with Gasteiger partial charge in [0.1, 0.15) is 0 Å². The second-order valence-electron chi connectivity index (χ2n) is 5.67. The maximum Gasteiger partial charge on any atom is 0.0164 e. The van der Waals surface area contributed by atoms with Gasteiger partial charge in [0.15, 0.2) is 0 Å². The predicted octanol–water partition coefficient (Wildman–Crippen LogP) is 3.01. The van der Waals surface area contributed by atoms with Crippen molar-refractivity contribution in [2.24, 2.45) is 5.92 Å². The highest BCUT2D eigenvalue weighted by Crippen LogP contribution is 2.13. The average Bonchev–Trinajstić information content (AvgIpc) is 2.36. The molecule has 2 heteroatoms. The molecule has 0 aromatic heterocycles. The lowest BCUT2D eigenvalue weighted by atomic mass is 10.0. The normalized spacial score (nSPS) is 14.7. The summed E-state index contributed by atoms with van der Waals surface area (Å²) in [5.41, 5.74) is 1.41. The van der Waals surface area contributed by atoms with Crippen molar-refractivity contribution in [2.75, 3.05) is 19.6 Å². The maximum absolute atomic E-state index is 3.59. The van der Waals surface area contributed by atoms with Crippen LogP contribution in [0.4, 0.5) is 0 Å². The molecule has 0 radical (unpaired) electrons. The minimum atomic E-state index is 0.523. The van der Waals surface area contributed by atoms with Gasteiger partial charge in [0.2, 0.25) is 0 Å². The van der Waals surface area contributed by atoms with Gasteiger partial charge in [-0.05, 0) is 30.9 Å². The molecule has 1 rings (SSSR count). The fourth-order valence-electron chi connectivity index (χ4n) is 1.94. The van der Waals surface area contributed by atoms with Crippen molar-refractivity contribution < 1.29 is 0 Å². The Balaban J connectivity index is 2.20. The largest absolute Gasteiger partial charge is 0.315 e. The van der Waals surface area contributed by atoms with Gasteiger partial charge >= 0.3 is 0 Å². The van der Waals surface area contributed by atoms with E-state index in [1.54, 1.807) is 0 Å². The minimum Gasteiger partial charge on any atom is -0.315 e. The topological polar surface area (TPSA) is 24.1 Å². The summed E-state index contributed by atoms with van der Waals surface area (Å²) >= 11 is 0. The lowest BCUT2D eigenvalue weighted by Gasteiger charge is -2.19. The summed E-state index contributed by atoms with van der Waals surface area (Å²) in [4.78, 5) is 0. The van der Waals surface area contributed by atoms with Crippen molar-refractivity contribution in [2.45, 2.75) is 39.7 Å². The average molecular weight is 248 g/mol. The quantitative estimate of drug-likeness (QED) is 0.739. The van der Waals surface area contributed by atoms with Crippen LogP contribution in [0.15, 0.2) is 30.3 Å². The Morgan fingerprint density at radius 3 is 2.17 bits per heavy atom. The summed E-state index contributed by atoms with van der Waals surface area (Å²) in [6.45, 7) is 12.2. The fraction of sp³-hybridized carbons (Fsp3) is 0.625. The van der Waals surface area contributed by atoms with Gasteiger partial charge in [-0.15, -0.1) is 0 Å². The maximum atomic E-state index is 3.59. The van der Waals surface area contributed by atoms with E-state index in [9.17, 15) is 0 Å². The van der Waals surface area contributed by atoms with E-state index in [2.05, 4.69) is 68.7 Å². The summed E-state index contributed by atoms with van der Waals surface area (Å²) in [6, 6.07) is 11.2. The monoisotopic (exact) mass is 248 g/mol. The van der Waals surface area contributed by atoms with Crippen molar-refractivity contribution in [1.82, 2.24) is 10.6 Å². The van der Waals surface area contributed by atoms with E-state index >= 15 is 0 Å². The van der Waals surface area contributed by atoms with Crippen molar-refractivity contribution in [3.8, 4) is 0 Å². The van der Waals surface area contributed by atoms with E-state index in [1.807, 2.05) is 0 Å². The zero-order chi connectivity index (χ0) is 13.4. The summed E-state index contributed by atoms with van der Waals surface area (Å²) in [7, 11) is 0. The molecular formula is C16H28N2. The standard InChI is InChI=1S/C16H28N2/c1-13(2)10-17-12-15(4)18-11-14(3)16-8-6-5-7-9-16/h5-9,13-15,17-18H,10-12H2,1-4H3. The molecule has 0 amide bonds. The van der Waals surface area contributed by atoms with Crippen LogP contribution in [-0.2, 0) is 0 Å². The van der Waals surface area contributed by atoms with Gasteiger partial charge in [-0.1, -0.05) is 51.1 Å². The van der Waals surface area contributed by atoms with E-state index in [1.165, 1.54) is 5.56 Å². The van der Waals surface area contributed by atoms with Gasteiger partial charge in [-0.3, -0.25) is 0 Å². The molecule has 0 aliphatic carbocycles. The SMILES string of the molecule is CC(C)CNCC(C)NCC(C)c1ccccc1. The first-order chi connectivity index (χ1) is 8.59. The third-order valence-electron chi connectivity index (χ3n) is 3.14. The fourth-order valence-corrected chi connectivity index (χ4v) is 1.94. The highest BCUT2D eigenvalue weighted by Gasteiger charge is 2.07. The summed E-state index contributed by atoms with van der Waals surface area (Å²) in [5.74, 6) is 1.29. The number of hydrogen-bond acceptors (Lipinski definition) is 2. The molecule has 1 aromatic rings. The molecule has 102 valence electrons. The highest BCUT2D eigenvalue weighted by atomic mass is 15.0. The predicted molar refractivity (Wildman–Crippen MR) is 80.0 cm³/mol. The van der Waals surface area contributed by atoms with Crippen molar-refractivity contribution in [1.29, 1.82) is 0 Å². The molecule has 0 bridgehead atoms. The van der Waals surface area contributed by atoms with Crippen LogP contribution in [0.3, 0.4) is 0 Å². The minimum absolute atomic E-state index is 0.523. The van der Waals surface area contributed by atoms with Crippen molar-refractivity contribution in [3.05, 3.63) is 35.9 Å². The van der Waals surface area contributed by atoms with Crippen LogP contribution in [0.1, 0.15) is 39.2 Å². The zero-order valence-corrected chi connectivity index (χ0v) is 12.2. The lowest BCUT2D eigenvalue weighted by molar-refractivity contribution is 0.462. The second-order valence-corrected chi connectivity index (χ2v) is 5.67. The first kappa shape index (κ1) is 15.2. The third kappa shape index (κ3) is 6.18. The van der Waals surface area contributed by atoms with Gasteiger partial charge < -0.3 is 10.6 Å². The number of nitrogens with one attached hydrogen (secondary N) is 2. The van der Waals surface area contributed by atoms with Gasteiger partial charge in [-0.2, -0.15) is 0 Å². The van der Waals surface area contributed by atoms with E-state index < -0.39 is 0 Å². The van der Waals surface area contributed by atoms with E-state index in [-0.39, 0.29) is 0 Å². The first-order valence-corrected chi connectivity index (χ1v) is 7.08. The molecule has 1 aromatic carbocycles.